The molecule has 3 heterocycles. The number of amides is 1. The summed E-state index contributed by atoms with van der Waals surface area (Å²) in [4.78, 5) is 17.4. The molecule has 0 atom stereocenters. The number of aryl methyl sites for hydroxylation is 3. The molecular weight excluding hydrogens is 318 g/mol. The minimum Gasteiger partial charge on any atom is -0.384 e. The van der Waals surface area contributed by atoms with Gasteiger partial charge in [0, 0.05) is 31.5 Å². The molecule has 0 bridgehead atoms. The summed E-state index contributed by atoms with van der Waals surface area (Å²) < 4.78 is 7.17. The number of hydrogen-bond donors (Lipinski definition) is 2. The Bertz CT molecular complexity index is 772. The van der Waals surface area contributed by atoms with Crippen LogP contribution in [0, 0.1) is 19.3 Å². The van der Waals surface area contributed by atoms with E-state index in [1.54, 1.807) is 11.8 Å². The highest BCUT2D eigenvalue weighted by Gasteiger charge is 2.32. The van der Waals surface area contributed by atoms with Crippen LogP contribution in [0.1, 0.15) is 34.6 Å². The minimum absolute atomic E-state index is 0.00527. The number of nitrogens with zero attached hydrogens (tertiary/aromatic N) is 3. The summed E-state index contributed by atoms with van der Waals surface area (Å²) in [6.07, 6.45) is 2.00. The Kier molecular flexibility index (Phi) is 5.06. The van der Waals surface area contributed by atoms with Crippen molar-refractivity contribution in [3.05, 3.63) is 23.0 Å². The average Bonchev–Trinajstić information content (AvgIpc) is 2.87. The predicted octanol–water partition coefficient (Wildman–Crippen LogP) is 1.33. The molecule has 0 radical (unpaired) electrons. The maximum Gasteiger partial charge on any atom is 0.253 e. The Hall–Kier alpha value is -1.99. The van der Waals surface area contributed by atoms with Crippen molar-refractivity contribution in [1.82, 2.24) is 25.4 Å². The average molecular weight is 345 g/mol. The summed E-state index contributed by atoms with van der Waals surface area (Å²) in [6.45, 7) is 6.99. The van der Waals surface area contributed by atoms with Crippen LogP contribution in [0.15, 0.2) is 6.07 Å². The van der Waals surface area contributed by atoms with Crippen LogP contribution in [0.2, 0.25) is 0 Å². The topological polar surface area (TPSA) is 81.1 Å². The molecule has 7 nitrogen and oxygen atoms in total. The lowest BCUT2D eigenvalue weighted by Gasteiger charge is -2.37. The second kappa shape index (κ2) is 7.09. The van der Waals surface area contributed by atoms with Crippen molar-refractivity contribution in [1.29, 1.82) is 0 Å². The zero-order chi connectivity index (χ0) is 18.0. The van der Waals surface area contributed by atoms with Crippen LogP contribution in [0.3, 0.4) is 0 Å². The van der Waals surface area contributed by atoms with E-state index in [2.05, 4.69) is 20.7 Å². The number of fused-ring (bicyclic) bond motifs is 1. The van der Waals surface area contributed by atoms with E-state index in [0.717, 1.165) is 48.4 Å². The van der Waals surface area contributed by atoms with Crippen molar-refractivity contribution >= 4 is 16.9 Å². The molecule has 0 saturated carbocycles. The second-order valence-corrected chi connectivity index (χ2v) is 7.07. The largest absolute Gasteiger partial charge is 0.384 e. The number of nitrogens with one attached hydrogen (secondary N) is 2. The van der Waals surface area contributed by atoms with E-state index in [9.17, 15) is 4.79 Å². The van der Waals surface area contributed by atoms with Crippen LogP contribution in [0.25, 0.3) is 11.0 Å². The fraction of sp³-hybridized carbons (Fsp3) is 0.611. The van der Waals surface area contributed by atoms with Crippen molar-refractivity contribution in [2.45, 2.75) is 26.7 Å². The van der Waals surface area contributed by atoms with Gasteiger partial charge in [-0.05, 0) is 45.8 Å². The number of rotatable bonds is 5. The highest BCUT2D eigenvalue weighted by Crippen LogP contribution is 2.28. The van der Waals surface area contributed by atoms with E-state index in [1.807, 2.05) is 27.0 Å². The second-order valence-electron chi connectivity index (χ2n) is 7.07. The van der Waals surface area contributed by atoms with Gasteiger partial charge in [-0.1, -0.05) is 0 Å². The SMILES string of the molecule is COCC1(CNC(=O)c2cc3c(C)nn(C)c3nc2C)CCNCC1. The Labute approximate surface area is 148 Å². The number of piperidine rings is 1. The molecule has 1 saturated heterocycles. The Morgan fingerprint density at radius 3 is 2.76 bits per heavy atom. The minimum atomic E-state index is -0.0795. The smallest absolute Gasteiger partial charge is 0.253 e. The first-order chi connectivity index (χ1) is 12.0. The highest BCUT2D eigenvalue weighted by atomic mass is 16.5. The molecule has 0 unspecified atom stereocenters. The molecule has 0 spiro atoms. The van der Waals surface area contributed by atoms with Crippen LogP contribution in [0.4, 0.5) is 0 Å². The van der Waals surface area contributed by atoms with E-state index in [4.69, 9.17) is 4.74 Å². The summed E-state index contributed by atoms with van der Waals surface area (Å²) in [6, 6.07) is 1.90. The fourth-order valence-corrected chi connectivity index (χ4v) is 3.66. The molecule has 1 fully saturated rings. The van der Waals surface area contributed by atoms with E-state index in [-0.39, 0.29) is 11.3 Å². The lowest BCUT2D eigenvalue weighted by atomic mass is 9.79. The van der Waals surface area contributed by atoms with Crippen LogP contribution in [0.5, 0.6) is 0 Å². The summed E-state index contributed by atoms with van der Waals surface area (Å²) in [5.74, 6) is -0.0795. The van der Waals surface area contributed by atoms with E-state index >= 15 is 0 Å². The number of methoxy groups -OCH3 is 1. The molecule has 2 N–H and O–H groups in total. The molecule has 25 heavy (non-hydrogen) atoms. The van der Waals surface area contributed by atoms with Gasteiger partial charge in [0.05, 0.1) is 23.6 Å². The van der Waals surface area contributed by atoms with Crippen molar-refractivity contribution < 1.29 is 9.53 Å². The summed E-state index contributed by atoms with van der Waals surface area (Å²) in [5.41, 5.74) is 3.03. The van der Waals surface area contributed by atoms with Gasteiger partial charge in [-0.15, -0.1) is 0 Å². The van der Waals surface area contributed by atoms with Crippen molar-refractivity contribution in [2.75, 3.05) is 33.4 Å². The van der Waals surface area contributed by atoms with Crippen LogP contribution in [-0.4, -0.2) is 54.0 Å². The van der Waals surface area contributed by atoms with Crippen LogP contribution < -0.4 is 10.6 Å². The first kappa shape index (κ1) is 17.8. The molecule has 0 aliphatic carbocycles. The zero-order valence-electron chi connectivity index (χ0n) is 15.5. The highest BCUT2D eigenvalue weighted by molar-refractivity contribution is 5.98. The van der Waals surface area contributed by atoms with Gasteiger partial charge < -0.3 is 15.4 Å². The van der Waals surface area contributed by atoms with Gasteiger partial charge in [-0.25, -0.2) is 4.98 Å². The number of carbonyl (C=O) groups is 1. The number of aromatic nitrogens is 3. The molecular formula is C18H27N5O2. The third-order valence-electron chi connectivity index (χ3n) is 5.17. The Morgan fingerprint density at radius 1 is 1.36 bits per heavy atom. The van der Waals surface area contributed by atoms with E-state index < -0.39 is 0 Å². The van der Waals surface area contributed by atoms with Crippen molar-refractivity contribution in [3.8, 4) is 0 Å². The molecule has 1 aliphatic rings. The standard InChI is InChI=1S/C18H27N5O2/c1-12-15(9-14-13(2)22-23(3)16(14)21-12)17(24)20-10-18(11-25-4)5-7-19-8-6-18/h9,19H,5-8,10-11H2,1-4H3,(H,20,24). The van der Waals surface area contributed by atoms with Gasteiger partial charge in [-0.2, -0.15) is 5.10 Å². The van der Waals surface area contributed by atoms with Gasteiger partial charge in [0.25, 0.3) is 5.91 Å². The molecule has 7 heteroatoms. The lowest BCUT2D eigenvalue weighted by molar-refractivity contribution is 0.0511. The third kappa shape index (κ3) is 3.52. The Morgan fingerprint density at radius 2 is 2.08 bits per heavy atom. The number of carbonyl (C=O) groups excluding carboxylic acids is 1. The van der Waals surface area contributed by atoms with E-state index in [1.165, 1.54) is 0 Å². The quantitative estimate of drug-likeness (QED) is 0.854. The predicted molar refractivity (Wildman–Crippen MR) is 96.7 cm³/mol. The Balaban J connectivity index is 1.79. The first-order valence-electron chi connectivity index (χ1n) is 8.74. The maximum atomic E-state index is 12.8. The van der Waals surface area contributed by atoms with Gasteiger partial charge >= 0.3 is 0 Å². The van der Waals surface area contributed by atoms with Crippen LogP contribution >= 0.6 is 0 Å². The summed E-state index contributed by atoms with van der Waals surface area (Å²) in [7, 11) is 3.59. The molecule has 0 aromatic carbocycles. The monoisotopic (exact) mass is 345 g/mol. The summed E-state index contributed by atoms with van der Waals surface area (Å²) >= 11 is 0. The molecule has 1 aliphatic heterocycles. The van der Waals surface area contributed by atoms with Gasteiger partial charge in [0.1, 0.15) is 0 Å². The van der Waals surface area contributed by atoms with Crippen LogP contribution in [-0.2, 0) is 11.8 Å². The first-order valence-corrected chi connectivity index (χ1v) is 8.74. The molecule has 2 aromatic rings. The van der Waals surface area contributed by atoms with Gasteiger partial charge in [0.2, 0.25) is 0 Å². The maximum absolute atomic E-state index is 12.8. The summed E-state index contributed by atoms with van der Waals surface area (Å²) in [5, 5.41) is 11.8. The molecule has 1 amide bonds. The molecule has 3 rings (SSSR count). The van der Waals surface area contributed by atoms with Crippen molar-refractivity contribution in [3.63, 3.8) is 0 Å². The molecule has 2 aromatic heterocycles. The lowest BCUT2D eigenvalue weighted by Crippen LogP contribution is -2.47. The van der Waals surface area contributed by atoms with Crippen molar-refractivity contribution in [2.24, 2.45) is 12.5 Å². The van der Waals surface area contributed by atoms with E-state index in [0.29, 0.717) is 18.7 Å². The number of hydrogen-bond acceptors (Lipinski definition) is 5. The van der Waals surface area contributed by atoms with Gasteiger partial charge in [-0.3, -0.25) is 9.48 Å². The third-order valence-corrected chi connectivity index (χ3v) is 5.17. The normalized spacial score (nSPS) is 17.0. The fourth-order valence-electron chi connectivity index (χ4n) is 3.66. The number of pyridine rings is 1. The van der Waals surface area contributed by atoms with Gasteiger partial charge in [0.15, 0.2) is 5.65 Å². The zero-order valence-corrected chi connectivity index (χ0v) is 15.5. The molecule has 136 valence electrons. The number of ether oxygens (including phenoxy) is 1.